The van der Waals surface area contributed by atoms with Crippen LogP contribution in [0, 0.1) is 6.92 Å². The molecule has 1 aromatic carbocycles. The van der Waals surface area contributed by atoms with Crippen LogP contribution in [0.15, 0.2) is 30.6 Å². The Bertz CT molecular complexity index is 674. The van der Waals surface area contributed by atoms with Gasteiger partial charge in [-0.1, -0.05) is 23.8 Å². The molecule has 4 heteroatoms. The molecule has 1 N–H and O–H groups in total. The zero-order valence-corrected chi connectivity index (χ0v) is 13.8. The molecule has 0 radical (unpaired) electrons. The molecule has 23 heavy (non-hydrogen) atoms. The fraction of sp³-hybridized carbons (Fsp3) is 0.474. The fourth-order valence-electron chi connectivity index (χ4n) is 3.72. The molecule has 4 rings (SSSR count). The Hall–Kier alpha value is -1.94. The topological polar surface area (TPSA) is 41.1 Å². The number of aromatic nitrogens is 2. The lowest BCUT2D eigenvalue weighted by molar-refractivity contribution is 0.529. The highest BCUT2D eigenvalue weighted by atomic mass is 15.3. The summed E-state index contributed by atoms with van der Waals surface area (Å²) in [6.07, 6.45) is 8.82. The molecule has 0 amide bonds. The largest absolute Gasteiger partial charge is 0.341 e. The van der Waals surface area contributed by atoms with Crippen molar-refractivity contribution in [3.63, 3.8) is 0 Å². The van der Waals surface area contributed by atoms with Crippen LogP contribution in [-0.4, -0.2) is 23.1 Å². The molecule has 1 atom stereocenters. The van der Waals surface area contributed by atoms with Gasteiger partial charge >= 0.3 is 0 Å². The van der Waals surface area contributed by atoms with Gasteiger partial charge in [0.2, 0.25) is 5.95 Å². The quantitative estimate of drug-likeness (QED) is 0.942. The van der Waals surface area contributed by atoms with Crippen molar-refractivity contribution in [2.75, 3.05) is 18.0 Å². The van der Waals surface area contributed by atoms with Crippen LogP contribution in [0.1, 0.15) is 47.6 Å². The van der Waals surface area contributed by atoms with Gasteiger partial charge in [-0.3, -0.25) is 0 Å². The molecule has 1 fully saturated rings. The summed E-state index contributed by atoms with van der Waals surface area (Å²) in [5, 5.41) is 3.67. The number of hydrogen-bond acceptors (Lipinski definition) is 4. The van der Waals surface area contributed by atoms with Crippen LogP contribution in [-0.2, 0) is 13.0 Å². The lowest BCUT2D eigenvalue weighted by atomic mass is 10.1. The number of rotatable bonds is 4. The number of hydrogen-bond donors (Lipinski definition) is 1. The molecule has 1 aliphatic carbocycles. The van der Waals surface area contributed by atoms with Gasteiger partial charge in [-0.05, 0) is 43.7 Å². The van der Waals surface area contributed by atoms with E-state index in [4.69, 9.17) is 0 Å². The summed E-state index contributed by atoms with van der Waals surface area (Å²) in [5.74, 6) is 0.882. The zero-order chi connectivity index (χ0) is 15.6. The van der Waals surface area contributed by atoms with Gasteiger partial charge in [-0.15, -0.1) is 0 Å². The van der Waals surface area contributed by atoms with E-state index in [1.807, 2.05) is 12.4 Å². The van der Waals surface area contributed by atoms with Crippen LogP contribution in [0.4, 0.5) is 5.95 Å². The highest BCUT2D eigenvalue weighted by molar-refractivity contribution is 5.37. The summed E-state index contributed by atoms with van der Waals surface area (Å²) in [7, 11) is 0. The second kappa shape index (κ2) is 6.28. The van der Waals surface area contributed by atoms with E-state index in [0.717, 1.165) is 31.1 Å². The SMILES string of the molecule is Cc1ccc2c(c1)CC[C@H]2NCc1cnc(N2CCCC2)nc1. The number of benzene rings is 1. The highest BCUT2D eigenvalue weighted by Crippen LogP contribution is 2.31. The maximum atomic E-state index is 4.54. The Morgan fingerprint density at radius 2 is 1.96 bits per heavy atom. The van der Waals surface area contributed by atoms with Crippen LogP contribution in [0.5, 0.6) is 0 Å². The summed E-state index contributed by atoms with van der Waals surface area (Å²) < 4.78 is 0. The molecular weight excluding hydrogens is 284 g/mol. The van der Waals surface area contributed by atoms with E-state index >= 15 is 0 Å². The van der Waals surface area contributed by atoms with Gasteiger partial charge in [-0.2, -0.15) is 0 Å². The van der Waals surface area contributed by atoms with E-state index in [1.165, 1.54) is 42.4 Å². The van der Waals surface area contributed by atoms with Crippen LogP contribution in [0.3, 0.4) is 0 Å². The van der Waals surface area contributed by atoms with E-state index in [1.54, 1.807) is 0 Å². The molecule has 1 aliphatic heterocycles. The maximum absolute atomic E-state index is 4.54. The predicted molar refractivity (Wildman–Crippen MR) is 92.6 cm³/mol. The summed E-state index contributed by atoms with van der Waals surface area (Å²) >= 11 is 0. The molecule has 0 bridgehead atoms. The van der Waals surface area contributed by atoms with Gasteiger partial charge in [0.05, 0.1) is 0 Å². The van der Waals surface area contributed by atoms with Gasteiger partial charge in [-0.25, -0.2) is 9.97 Å². The van der Waals surface area contributed by atoms with Gasteiger partial charge in [0.25, 0.3) is 0 Å². The zero-order valence-electron chi connectivity index (χ0n) is 13.8. The predicted octanol–water partition coefficient (Wildman–Crippen LogP) is 3.16. The smallest absolute Gasteiger partial charge is 0.225 e. The Labute approximate surface area is 138 Å². The molecule has 120 valence electrons. The maximum Gasteiger partial charge on any atom is 0.225 e. The minimum atomic E-state index is 0.462. The third-order valence-corrected chi connectivity index (χ3v) is 5.01. The Morgan fingerprint density at radius 1 is 1.17 bits per heavy atom. The number of aryl methyl sites for hydroxylation is 2. The summed E-state index contributed by atoms with van der Waals surface area (Å²) in [5.41, 5.74) is 5.48. The molecule has 2 aromatic rings. The van der Waals surface area contributed by atoms with Crippen molar-refractivity contribution in [2.24, 2.45) is 0 Å². The van der Waals surface area contributed by atoms with E-state index in [2.05, 4.69) is 45.3 Å². The van der Waals surface area contributed by atoms with Crippen molar-refractivity contribution in [3.05, 3.63) is 52.8 Å². The normalized spacial score (nSPS) is 20.0. The first kappa shape index (κ1) is 14.6. The molecule has 0 saturated carbocycles. The Morgan fingerprint density at radius 3 is 2.74 bits per heavy atom. The first-order valence-corrected chi connectivity index (χ1v) is 8.68. The van der Waals surface area contributed by atoms with Crippen molar-refractivity contribution in [1.82, 2.24) is 15.3 Å². The minimum absolute atomic E-state index is 0.462. The molecule has 1 aromatic heterocycles. The molecule has 0 spiro atoms. The molecule has 2 aliphatic rings. The van der Waals surface area contributed by atoms with Crippen LogP contribution in [0.2, 0.25) is 0 Å². The van der Waals surface area contributed by atoms with Crippen molar-refractivity contribution < 1.29 is 0 Å². The minimum Gasteiger partial charge on any atom is -0.341 e. The number of anilines is 1. The van der Waals surface area contributed by atoms with Gasteiger partial charge in [0.15, 0.2) is 0 Å². The summed E-state index contributed by atoms with van der Waals surface area (Å²) in [6.45, 7) is 5.18. The van der Waals surface area contributed by atoms with Crippen LogP contribution < -0.4 is 10.2 Å². The summed E-state index contributed by atoms with van der Waals surface area (Å²) in [6, 6.07) is 7.28. The number of nitrogens with zero attached hydrogens (tertiary/aromatic N) is 3. The first-order chi connectivity index (χ1) is 11.3. The third-order valence-electron chi connectivity index (χ3n) is 5.01. The van der Waals surface area contributed by atoms with Crippen molar-refractivity contribution >= 4 is 5.95 Å². The van der Waals surface area contributed by atoms with E-state index < -0.39 is 0 Å². The molecule has 1 saturated heterocycles. The van der Waals surface area contributed by atoms with Crippen LogP contribution >= 0.6 is 0 Å². The van der Waals surface area contributed by atoms with Gasteiger partial charge in [0.1, 0.15) is 0 Å². The van der Waals surface area contributed by atoms with Crippen molar-refractivity contribution in [2.45, 2.75) is 45.2 Å². The molecule has 0 unspecified atom stereocenters. The molecular formula is C19H24N4. The second-order valence-electron chi connectivity index (χ2n) is 6.76. The van der Waals surface area contributed by atoms with Gasteiger partial charge in [0, 0.05) is 43.6 Å². The van der Waals surface area contributed by atoms with Crippen LogP contribution in [0.25, 0.3) is 0 Å². The Balaban J connectivity index is 1.38. The monoisotopic (exact) mass is 308 g/mol. The van der Waals surface area contributed by atoms with Crippen molar-refractivity contribution in [3.8, 4) is 0 Å². The molecule has 4 nitrogen and oxygen atoms in total. The number of nitrogens with one attached hydrogen (secondary N) is 1. The van der Waals surface area contributed by atoms with E-state index in [-0.39, 0.29) is 0 Å². The van der Waals surface area contributed by atoms with E-state index in [0.29, 0.717) is 6.04 Å². The standard InChI is InChI=1S/C19H24N4/c1-14-4-6-17-16(10-14)5-7-18(17)20-11-15-12-21-19(22-13-15)23-8-2-3-9-23/h4,6,10,12-13,18,20H,2-3,5,7-9,11H2,1H3/t18-/m1/s1. The van der Waals surface area contributed by atoms with E-state index in [9.17, 15) is 0 Å². The van der Waals surface area contributed by atoms with Crippen molar-refractivity contribution in [1.29, 1.82) is 0 Å². The third kappa shape index (κ3) is 3.08. The van der Waals surface area contributed by atoms with Gasteiger partial charge < -0.3 is 10.2 Å². The molecule has 2 heterocycles. The summed E-state index contributed by atoms with van der Waals surface area (Å²) in [4.78, 5) is 11.3. The number of fused-ring (bicyclic) bond motifs is 1. The lowest BCUT2D eigenvalue weighted by Gasteiger charge is -2.16. The average molecular weight is 308 g/mol. The highest BCUT2D eigenvalue weighted by Gasteiger charge is 2.21. The first-order valence-electron chi connectivity index (χ1n) is 8.68. The average Bonchev–Trinajstić information content (AvgIpc) is 3.23. The fourth-order valence-corrected chi connectivity index (χ4v) is 3.72. The lowest BCUT2D eigenvalue weighted by Crippen LogP contribution is -2.21. The second-order valence-corrected chi connectivity index (χ2v) is 6.76. The Kier molecular flexibility index (Phi) is 4.00.